The van der Waals surface area contributed by atoms with Gasteiger partial charge in [-0.2, -0.15) is 0 Å². The lowest BCUT2D eigenvalue weighted by atomic mass is 9.88. The van der Waals surface area contributed by atoms with E-state index in [1.807, 2.05) is 95.6 Å². The number of para-hydroxylation sites is 1. The SMILES string of the molecule is COc1cccc(-c2nnc(SCc3nc(C(=O)NCCC(c4ccccc4)c4ccccc4)co3)n2-c2ccccc2)c1. The highest BCUT2D eigenvalue weighted by Gasteiger charge is 2.19. The van der Waals surface area contributed by atoms with Crippen molar-refractivity contribution < 1.29 is 13.9 Å². The van der Waals surface area contributed by atoms with Crippen LogP contribution in [0.3, 0.4) is 0 Å². The summed E-state index contributed by atoms with van der Waals surface area (Å²) in [5, 5.41) is 12.7. The molecule has 4 aromatic carbocycles. The van der Waals surface area contributed by atoms with Crippen LogP contribution in [-0.2, 0) is 5.75 Å². The summed E-state index contributed by atoms with van der Waals surface area (Å²) >= 11 is 1.43. The van der Waals surface area contributed by atoms with E-state index in [1.165, 1.54) is 29.2 Å². The number of nitrogens with one attached hydrogen (secondary N) is 1. The second kappa shape index (κ2) is 13.9. The van der Waals surface area contributed by atoms with Gasteiger partial charge >= 0.3 is 0 Å². The largest absolute Gasteiger partial charge is 0.497 e. The van der Waals surface area contributed by atoms with Gasteiger partial charge in [0.25, 0.3) is 5.91 Å². The van der Waals surface area contributed by atoms with Crippen LogP contribution in [0.15, 0.2) is 131 Å². The summed E-state index contributed by atoms with van der Waals surface area (Å²) in [6.45, 7) is 0.497. The lowest BCUT2D eigenvalue weighted by Crippen LogP contribution is -2.26. The van der Waals surface area contributed by atoms with Crippen LogP contribution in [-0.4, -0.2) is 39.3 Å². The Labute approximate surface area is 260 Å². The number of amides is 1. The molecule has 9 heteroatoms. The Morgan fingerprint density at radius 2 is 1.57 bits per heavy atom. The first-order valence-electron chi connectivity index (χ1n) is 14.3. The summed E-state index contributed by atoms with van der Waals surface area (Å²) in [4.78, 5) is 17.4. The fourth-order valence-electron chi connectivity index (χ4n) is 5.05. The third-order valence-electron chi connectivity index (χ3n) is 7.21. The Bertz CT molecular complexity index is 1770. The maximum Gasteiger partial charge on any atom is 0.273 e. The summed E-state index contributed by atoms with van der Waals surface area (Å²) in [6, 6.07) is 38.3. The number of nitrogens with zero attached hydrogens (tertiary/aromatic N) is 4. The number of carbonyl (C=O) groups is 1. The molecule has 6 aromatic rings. The number of aromatic nitrogens is 4. The van der Waals surface area contributed by atoms with Crippen molar-refractivity contribution in [2.24, 2.45) is 0 Å². The number of rotatable bonds is 12. The zero-order valence-corrected chi connectivity index (χ0v) is 25.0. The molecule has 0 atom stereocenters. The van der Waals surface area contributed by atoms with Crippen LogP contribution in [0.4, 0.5) is 0 Å². The number of hydrogen-bond donors (Lipinski definition) is 1. The Morgan fingerprint density at radius 1 is 0.886 bits per heavy atom. The zero-order valence-electron chi connectivity index (χ0n) is 24.2. The van der Waals surface area contributed by atoms with E-state index >= 15 is 0 Å². The molecule has 0 bridgehead atoms. The molecule has 0 aliphatic rings. The molecule has 0 aliphatic heterocycles. The van der Waals surface area contributed by atoms with Gasteiger partial charge in [-0.15, -0.1) is 10.2 Å². The van der Waals surface area contributed by atoms with E-state index in [2.05, 4.69) is 44.8 Å². The maximum atomic E-state index is 13.0. The fraction of sp³-hybridized carbons (Fsp3) is 0.143. The number of ether oxygens (including phenoxy) is 1. The Balaban J connectivity index is 1.12. The van der Waals surface area contributed by atoms with Gasteiger partial charge in [0, 0.05) is 23.7 Å². The second-order valence-corrected chi connectivity index (χ2v) is 11.0. The number of hydrogen-bond acceptors (Lipinski definition) is 7. The van der Waals surface area contributed by atoms with Crippen LogP contribution >= 0.6 is 11.8 Å². The normalized spacial score (nSPS) is 11.0. The molecule has 0 aliphatic carbocycles. The Kier molecular flexibility index (Phi) is 9.13. The third kappa shape index (κ3) is 6.74. The second-order valence-electron chi connectivity index (χ2n) is 10.0. The van der Waals surface area contributed by atoms with E-state index in [9.17, 15) is 4.79 Å². The number of oxazole rings is 1. The third-order valence-corrected chi connectivity index (χ3v) is 8.12. The van der Waals surface area contributed by atoms with Gasteiger partial charge in [-0.05, 0) is 41.8 Å². The van der Waals surface area contributed by atoms with E-state index in [0.717, 1.165) is 23.4 Å². The molecule has 0 radical (unpaired) electrons. The molecule has 1 N–H and O–H groups in total. The Morgan fingerprint density at radius 3 is 2.25 bits per heavy atom. The molecule has 0 spiro atoms. The van der Waals surface area contributed by atoms with Crippen molar-refractivity contribution in [3.05, 3.63) is 144 Å². The van der Waals surface area contributed by atoms with E-state index in [4.69, 9.17) is 9.15 Å². The van der Waals surface area contributed by atoms with E-state index in [0.29, 0.717) is 29.2 Å². The average Bonchev–Trinajstić information content (AvgIpc) is 3.75. The van der Waals surface area contributed by atoms with Crippen molar-refractivity contribution in [3.63, 3.8) is 0 Å². The first-order chi connectivity index (χ1) is 21.7. The van der Waals surface area contributed by atoms with Gasteiger partial charge in [0.05, 0.1) is 12.9 Å². The predicted octanol–water partition coefficient (Wildman–Crippen LogP) is 7.18. The van der Waals surface area contributed by atoms with Gasteiger partial charge in [0.2, 0.25) is 5.89 Å². The van der Waals surface area contributed by atoms with E-state index in [-0.39, 0.29) is 17.5 Å². The highest BCUT2D eigenvalue weighted by atomic mass is 32.2. The standard InChI is InChI=1S/C35H31N5O3S/c1-42-29-19-11-16-27(22-29)33-38-39-35(40(33)28-17-9-4-10-18-28)44-24-32-37-31(23-43-32)34(41)36-21-20-30(25-12-5-2-6-13-25)26-14-7-3-8-15-26/h2-19,22-23,30H,20-21,24H2,1H3,(H,36,41). The number of thioether (sulfide) groups is 1. The van der Waals surface area contributed by atoms with Crippen molar-refractivity contribution in [1.82, 2.24) is 25.1 Å². The van der Waals surface area contributed by atoms with E-state index < -0.39 is 0 Å². The fourth-order valence-corrected chi connectivity index (χ4v) is 5.85. The van der Waals surface area contributed by atoms with Crippen LogP contribution in [0.25, 0.3) is 17.1 Å². The molecular formula is C35H31N5O3S. The molecule has 220 valence electrons. The van der Waals surface area contributed by atoms with Crippen molar-refractivity contribution in [3.8, 4) is 22.8 Å². The van der Waals surface area contributed by atoms with E-state index in [1.54, 1.807) is 7.11 Å². The molecular weight excluding hydrogens is 570 g/mol. The van der Waals surface area contributed by atoms with Gasteiger partial charge in [0.1, 0.15) is 12.0 Å². The predicted molar refractivity (Wildman–Crippen MR) is 171 cm³/mol. The van der Waals surface area contributed by atoms with Crippen LogP contribution < -0.4 is 10.1 Å². The van der Waals surface area contributed by atoms with Crippen molar-refractivity contribution in [2.45, 2.75) is 23.2 Å². The maximum absolute atomic E-state index is 13.0. The van der Waals surface area contributed by atoms with Gasteiger partial charge in [0.15, 0.2) is 16.7 Å². The molecule has 0 saturated heterocycles. The lowest BCUT2D eigenvalue weighted by molar-refractivity contribution is 0.0947. The van der Waals surface area contributed by atoms with Crippen molar-refractivity contribution in [1.29, 1.82) is 0 Å². The van der Waals surface area contributed by atoms with Gasteiger partial charge in [-0.3, -0.25) is 9.36 Å². The summed E-state index contributed by atoms with van der Waals surface area (Å²) in [5.74, 6) is 2.14. The molecule has 0 unspecified atom stereocenters. The average molecular weight is 602 g/mol. The van der Waals surface area contributed by atoms with Crippen LogP contribution in [0.2, 0.25) is 0 Å². The Hall–Kier alpha value is -5.15. The van der Waals surface area contributed by atoms with Crippen molar-refractivity contribution in [2.75, 3.05) is 13.7 Å². The van der Waals surface area contributed by atoms with Gasteiger partial charge in [-0.25, -0.2) is 4.98 Å². The molecule has 6 rings (SSSR count). The summed E-state index contributed by atoms with van der Waals surface area (Å²) < 4.78 is 13.1. The number of methoxy groups -OCH3 is 1. The van der Waals surface area contributed by atoms with Gasteiger partial charge in [-0.1, -0.05) is 103 Å². The van der Waals surface area contributed by atoms with Crippen molar-refractivity contribution >= 4 is 17.7 Å². The minimum Gasteiger partial charge on any atom is -0.497 e. The number of benzene rings is 4. The lowest BCUT2D eigenvalue weighted by Gasteiger charge is -2.18. The van der Waals surface area contributed by atoms with Crippen LogP contribution in [0.1, 0.15) is 39.8 Å². The highest BCUT2D eigenvalue weighted by Crippen LogP contribution is 2.31. The summed E-state index contributed by atoms with van der Waals surface area (Å²) in [7, 11) is 1.64. The molecule has 1 amide bonds. The smallest absolute Gasteiger partial charge is 0.273 e. The molecule has 8 nitrogen and oxygen atoms in total. The summed E-state index contributed by atoms with van der Waals surface area (Å²) in [5.41, 5.74) is 4.48. The van der Waals surface area contributed by atoms with Crippen LogP contribution in [0, 0.1) is 0 Å². The minimum atomic E-state index is -0.266. The number of carbonyl (C=O) groups excluding carboxylic acids is 1. The van der Waals surface area contributed by atoms with Crippen LogP contribution in [0.5, 0.6) is 5.75 Å². The first kappa shape index (κ1) is 28.9. The molecule has 0 fully saturated rings. The molecule has 2 aromatic heterocycles. The topological polar surface area (TPSA) is 95.1 Å². The summed E-state index contributed by atoms with van der Waals surface area (Å²) in [6.07, 6.45) is 2.16. The van der Waals surface area contributed by atoms with Gasteiger partial charge < -0.3 is 14.5 Å². The quantitative estimate of drug-likeness (QED) is 0.149. The first-order valence-corrected chi connectivity index (χ1v) is 15.3. The monoisotopic (exact) mass is 601 g/mol. The minimum absolute atomic E-state index is 0.172. The molecule has 0 saturated carbocycles. The molecule has 44 heavy (non-hydrogen) atoms. The highest BCUT2D eigenvalue weighted by molar-refractivity contribution is 7.98. The molecule has 2 heterocycles. The zero-order chi connectivity index (χ0) is 30.1.